The molecule has 0 saturated carbocycles. The van der Waals surface area contributed by atoms with Crippen LogP contribution in [0.2, 0.25) is 5.02 Å². The topological polar surface area (TPSA) is 121 Å². The van der Waals surface area contributed by atoms with E-state index in [0.29, 0.717) is 18.1 Å². The molecule has 5 rings (SSSR count). The molecule has 1 saturated heterocycles. The monoisotopic (exact) mass is 665 g/mol. The zero-order valence-corrected chi connectivity index (χ0v) is 24.8. The first kappa shape index (κ1) is 27.1. The second-order valence-corrected chi connectivity index (χ2v) is 15.6. The van der Waals surface area contributed by atoms with Gasteiger partial charge in [0.15, 0.2) is 23.8 Å². The molecule has 3 aromatic rings. The van der Waals surface area contributed by atoms with Crippen LogP contribution in [0.25, 0.3) is 16.3 Å². The minimum atomic E-state index is -4.10. The van der Waals surface area contributed by atoms with Crippen molar-refractivity contribution in [1.82, 2.24) is 9.21 Å². The van der Waals surface area contributed by atoms with Crippen LogP contribution in [0.3, 0.4) is 0 Å². The molecular formula is C22H21BrClN3O6S4+2. The summed E-state index contributed by atoms with van der Waals surface area (Å²) in [5.41, 5.74) is 1.73. The smallest absolute Gasteiger partial charge is 0.286 e. The van der Waals surface area contributed by atoms with E-state index in [2.05, 4.69) is 20.7 Å². The van der Waals surface area contributed by atoms with Gasteiger partial charge in [-0.2, -0.15) is 13.0 Å². The highest BCUT2D eigenvalue weighted by Gasteiger charge is 2.68. The van der Waals surface area contributed by atoms with Crippen LogP contribution in [0, 0.1) is 0 Å². The van der Waals surface area contributed by atoms with E-state index in [1.165, 1.54) is 23.1 Å². The quantitative estimate of drug-likeness (QED) is 0.171. The summed E-state index contributed by atoms with van der Waals surface area (Å²) in [4.78, 5) is 13.8. The average Bonchev–Trinajstić information content (AvgIpc) is 3.35. The summed E-state index contributed by atoms with van der Waals surface area (Å²) >= 11 is 12.8. The van der Waals surface area contributed by atoms with Gasteiger partial charge in [0.05, 0.1) is 23.0 Å². The molecule has 1 aromatic heterocycles. The Labute approximate surface area is 235 Å². The van der Waals surface area contributed by atoms with Gasteiger partial charge in [0.25, 0.3) is 21.0 Å². The molecule has 2 N–H and O–H groups in total. The molecule has 2 aromatic carbocycles. The number of aromatic nitrogens is 1. The van der Waals surface area contributed by atoms with Gasteiger partial charge in [-0.1, -0.05) is 38.9 Å². The second-order valence-electron chi connectivity index (χ2n) is 8.85. The number of nitrogens with one attached hydrogen (secondary N) is 1. The van der Waals surface area contributed by atoms with E-state index in [1.807, 2.05) is 34.9 Å². The van der Waals surface area contributed by atoms with Crippen molar-refractivity contribution in [1.29, 1.82) is 0 Å². The predicted octanol–water partition coefficient (Wildman–Crippen LogP) is 3.75. The highest BCUT2D eigenvalue weighted by atomic mass is 79.9. The number of hydrogen-bond donors (Lipinski definition) is 2. The molecule has 37 heavy (non-hydrogen) atoms. The fourth-order valence-corrected chi connectivity index (χ4v) is 8.55. The van der Waals surface area contributed by atoms with Gasteiger partial charge >= 0.3 is 0 Å². The van der Waals surface area contributed by atoms with Crippen molar-refractivity contribution in [3.05, 3.63) is 55.9 Å². The number of rotatable bonds is 7. The number of nitrogens with zero attached hydrogens (tertiary/aromatic N) is 2. The number of thiazole rings is 1. The van der Waals surface area contributed by atoms with E-state index in [0.717, 1.165) is 41.6 Å². The Bertz CT molecular complexity index is 1710. The molecule has 1 spiro atoms. The Balaban J connectivity index is 1.60. The van der Waals surface area contributed by atoms with Gasteiger partial charge in [-0.3, -0.25) is 9.35 Å². The summed E-state index contributed by atoms with van der Waals surface area (Å²) in [5, 5.41) is 2.18. The van der Waals surface area contributed by atoms with E-state index in [4.69, 9.17) is 11.6 Å². The standard InChI is InChI=1S/C22H19BrClN3O6S4/c1-36(29,30)25-22(28)17-12-27(17)16-10-14(24)4-6-19(16)35-21(27)11-20-26(7-2-8-37(31,32)33)15-9-13(23)3-5-18(15)34-20/h3-6,9-11,17H,2,7-8,12H2,1H3/p+2. The maximum atomic E-state index is 12.9. The number of aryl methyl sites for hydroxylation is 1. The molecule has 9 nitrogen and oxygen atoms in total. The molecule has 2 aliphatic rings. The van der Waals surface area contributed by atoms with Gasteiger partial charge in [0.1, 0.15) is 4.70 Å². The number of hydrogen-bond acceptors (Lipinski definition) is 7. The van der Waals surface area contributed by atoms with Crippen LogP contribution >= 0.6 is 50.6 Å². The normalized spacial score (nSPS) is 22.1. The van der Waals surface area contributed by atoms with E-state index in [-0.39, 0.29) is 16.7 Å². The number of sulfonamides is 1. The molecule has 15 heteroatoms. The first-order valence-corrected chi connectivity index (χ1v) is 17.2. The third kappa shape index (κ3) is 5.48. The van der Waals surface area contributed by atoms with E-state index >= 15 is 0 Å². The SMILES string of the molecule is CS(=O)(=O)NC(=O)C1C[N+]12C(=Cc1sc3ccc(Br)cc3[n+]1CCCS(=O)(=O)O)Sc1ccc(Cl)cc12. The fourth-order valence-electron chi connectivity index (χ4n) is 4.54. The summed E-state index contributed by atoms with van der Waals surface area (Å²) in [7, 11) is -7.83. The minimum Gasteiger partial charge on any atom is -0.286 e. The zero-order valence-electron chi connectivity index (χ0n) is 19.2. The molecule has 3 heterocycles. The van der Waals surface area contributed by atoms with E-state index in [1.54, 1.807) is 12.1 Å². The molecule has 0 bridgehead atoms. The first-order chi connectivity index (χ1) is 17.3. The molecule has 1 amide bonds. The molecule has 0 radical (unpaired) electrons. The minimum absolute atomic E-state index is 0.158. The Hall–Kier alpha value is -1.52. The summed E-state index contributed by atoms with van der Waals surface area (Å²) in [6.07, 6.45) is 3.13. The molecule has 2 atom stereocenters. The van der Waals surface area contributed by atoms with Gasteiger partial charge in [0.2, 0.25) is 21.6 Å². The van der Waals surface area contributed by atoms with Crippen LogP contribution in [-0.4, -0.2) is 51.9 Å². The molecule has 1 fully saturated rings. The number of benzene rings is 2. The maximum Gasteiger partial charge on any atom is 0.298 e. The van der Waals surface area contributed by atoms with E-state index in [9.17, 15) is 26.2 Å². The summed E-state index contributed by atoms with van der Waals surface area (Å²) in [6, 6.07) is 10.7. The maximum absolute atomic E-state index is 12.9. The lowest BCUT2D eigenvalue weighted by Crippen LogP contribution is -2.39. The van der Waals surface area contributed by atoms with Gasteiger partial charge in [0, 0.05) is 28.0 Å². The van der Waals surface area contributed by atoms with Gasteiger partial charge in [-0.05, 0) is 36.0 Å². The highest BCUT2D eigenvalue weighted by Crippen LogP contribution is 2.60. The number of carbonyl (C=O) groups is 1. The number of halogens is 2. The summed E-state index contributed by atoms with van der Waals surface area (Å²) in [6.45, 7) is 0.726. The Morgan fingerprint density at radius 1 is 1.27 bits per heavy atom. The predicted molar refractivity (Wildman–Crippen MR) is 149 cm³/mol. The zero-order chi connectivity index (χ0) is 26.8. The number of fused-ring (bicyclic) bond motifs is 3. The molecule has 2 aliphatic heterocycles. The molecule has 2 unspecified atom stereocenters. The summed E-state index contributed by atoms with van der Waals surface area (Å²) < 4.78 is 61.4. The van der Waals surface area contributed by atoms with Crippen molar-refractivity contribution in [3.8, 4) is 0 Å². The van der Waals surface area contributed by atoms with Crippen molar-refractivity contribution < 1.29 is 30.7 Å². The average molecular weight is 667 g/mol. The van der Waals surface area contributed by atoms with Crippen LogP contribution < -0.4 is 13.8 Å². The number of quaternary nitrogens is 1. The third-order valence-electron chi connectivity index (χ3n) is 6.13. The summed E-state index contributed by atoms with van der Waals surface area (Å²) in [5.74, 6) is -0.948. The molecule has 0 aliphatic carbocycles. The van der Waals surface area contributed by atoms with Crippen molar-refractivity contribution in [2.24, 2.45) is 0 Å². The number of amides is 1. The Kier molecular flexibility index (Phi) is 7.01. The second kappa shape index (κ2) is 9.59. The van der Waals surface area contributed by atoms with Crippen molar-refractivity contribution in [2.75, 3.05) is 18.6 Å². The van der Waals surface area contributed by atoms with Crippen LogP contribution in [0.5, 0.6) is 0 Å². The van der Waals surface area contributed by atoms with Crippen LogP contribution in [0.1, 0.15) is 11.4 Å². The van der Waals surface area contributed by atoms with Crippen LogP contribution in [0.15, 0.2) is 50.8 Å². The molecular weight excluding hydrogens is 646 g/mol. The third-order valence-corrected chi connectivity index (χ3v) is 10.6. The number of carbonyl (C=O) groups excluding carboxylic acids is 1. The highest BCUT2D eigenvalue weighted by molar-refractivity contribution is 9.10. The lowest BCUT2D eigenvalue weighted by atomic mass is 10.3. The van der Waals surface area contributed by atoms with Crippen LogP contribution in [-0.2, 0) is 31.5 Å². The Morgan fingerprint density at radius 3 is 2.73 bits per heavy atom. The van der Waals surface area contributed by atoms with Gasteiger partial charge in [-0.15, -0.1) is 0 Å². The van der Waals surface area contributed by atoms with Gasteiger partial charge < -0.3 is 0 Å². The number of thioether (sulfide) groups is 1. The van der Waals surface area contributed by atoms with Crippen molar-refractivity contribution in [3.63, 3.8) is 0 Å². The van der Waals surface area contributed by atoms with Crippen LogP contribution in [0.4, 0.5) is 5.69 Å². The van der Waals surface area contributed by atoms with E-state index < -0.39 is 32.1 Å². The van der Waals surface area contributed by atoms with Crippen molar-refractivity contribution >= 4 is 98.7 Å². The van der Waals surface area contributed by atoms with Crippen molar-refractivity contribution in [2.45, 2.75) is 23.9 Å². The molecule has 196 valence electrons. The first-order valence-electron chi connectivity index (χ1n) is 10.9. The fraction of sp³-hybridized carbons (Fsp3) is 0.273. The van der Waals surface area contributed by atoms with Gasteiger partial charge in [-0.25, -0.2) is 17.6 Å². The lowest BCUT2D eigenvalue weighted by Gasteiger charge is -2.14. The lowest BCUT2D eigenvalue weighted by molar-refractivity contribution is -0.668. The Morgan fingerprint density at radius 2 is 2.03 bits per heavy atom. The largest absolute Gasteiger partial charge is 0.298 e.